The summed E-state index contributed by atoms with van der Waals surface area (Å²) in [6, 6.07) is 6.18. The van der Waals surface area contributed by atoms with Crippen molar-refractivity contribution in [3.63, 3.8) is 0 Å². The number of ether oxygens (including phenoxy) is 1. The highest BCUT2D eigenvalue weighted by molar-refractivity contribution is 5.90. The summed E-state index contributed by atoms with van der Waals surface area (Å²) in [5.74, 6) is 0.196. The molecule has 0 spiro atoms. The van der Waals surface area contributed by atoms with Gasteiger partial charge in [0.1, 0.15) is 12.4 Å². The molecule has 2 aromatic rings. The van der Waals surface area contributed by atoms with E-state index in [1.807, 2.05) is 6.19 Å². The Morgan fingerprint density at radius 1 is 1.41 bits per heavy atom. The Morgan fingerprint density at radius 2 is 2.24 bits per heavy atom. The number of likely N-dealkylation sites (tertiary alicyclic amines) is 1. The van der Waals surface area contributed by atoms with Gasteiger partial charge in [-0.2, -0.15) is 10.5 Å². The van der Waals surface area contributed by atoms with E-state index in [2.05, 4.69) is 16.4 Å². The van der Waals surface area contributed by atoms with E-state index in [-0.39, 0.29) is 24.6 Å². The van der Waals surface area contributed by atoms with Crippen LogP contribution in [0.1, 0.15) is 35.5 Å². The molecule has 1 saturated carbocycles. The normalized spacial score (nSPS) is 20.7. The van der Waals surface area contributed by atoms with Gasteiger partial charge in [0.05, 0.1) is 35.5 Å². The molecule has 1 N–H and O–H groups in total. The molecule has 1 aromatic heterocycles. The Balaban J connectivity index is 1.51. The number of amides is 1. The third-order valence-electron chi connectivity index (χ3n) is 4.95. The standard InChI is InChI=1S/C20H18FN5O3/c21-7-14-6-13(10-26(14)11-23)25-19(27)20-24-9-18(29-20)16-5-12(8-22)1-4-17(16)28-15-2-3-15/h1,4-5,9,13-15H,2-3,6-7,10H2,(H,25,27)/t13-,14-/m1/s1. The highest BCUT2D eigenvalue weighted by Crippen LogP contribution is 2.36. The average molecular weight is 395 g/mol. The first-order valence-corrected chi connectivity index (χ1v) is 9.31. The first-order chi connectivity index (χ1) is 14.1. The topological polar surface area (TPSA) is 115 Å². The van der Waals surface area contributed by atoms with Crippen molar-refractivity contribution < 1.29 is 18.3 Å². The summed E-state index contributed by atoms with van der Waals surface area (Å²) in [5, 5.41) is 20.9. The zero-order valence-electron chi connectivity index (χ0n) is 15.5. The third-order valence-corrected chi connectivity index (χ3v) is 4.95. The van der Waals surface area contributed by atoms with Gasteiger partial charge in [-0.3, -0.25) is 4.79 Å². The van der Waals surface area contributed by atoms with Crippen molar-refractivity contribution in [2.75, 3.05) is 13.2 Å². The number of halogens is 1. The second-order valence-corrected chi connectivity index (χ2v) is 7.14. The Kier molecular flexibility index (Phi) is 5.05. The number of hydrogen-bond donors (Lipinski definition) is 1. The number of carbonyl (C=O) groups excluding carboxylic acids is 1. The number of nitriles is 2. The minimum atomic E-state index is -0.651. The SMILES string of the molecule is N#Cc1ccc(OC2CC2)c(-c2cnc(C(=O)N[C@@H]3C[C@H](CF)N(C#N)C3)o2)c1. The molecule has 9 heteroatoms. The van der Waals surface area contributed by atoms with Crippen LogP contribution in [0.2, 0.25) is 0 Å². The summed E-state index contributed by atoms with van der Waals surface area (Å²) >= 11 is 0. The van der Waals surface area contributed by atoms with Crippen LogP contribution >= 0.6 is 0 Å². The number of oxazole rings is 1. The minimum absolute atomic E-state index is 0.146. The summed E-state index contributed by atoms with van der Waals surface area (Å²) in [5.41, 5.74) is 0.988. The molecule has 2 atom stereocenters. The van der Waals surface area contributed by atoms with Crippen molar-refractivity contribution in [1.29, 1.82) is 10.5 Å². The molecule has 1 aliphatic heterocycles. The number of alkyl halides is 1. The fourth-order valence-electron chi connectivity index (χ4n) is 3.30. The molecule has 4 rings (SSSR count). The summed E-state index contributed by atoms with van der Waals surface area (Å²) in [4.78, 5) is 17.8. The molecule has 2 aliphatic rings. The highest BCUT2D eigenvalue weighted by Gasteiger charge is 2.33. The van der Waals surface area contributed by atoms with Crippen LogP contribution in [0.25, 0.3) is 11.3 Å². The van der Waals surface area contributed by atoms with Crippen LogP contribution in [0.5, 0.6) is 5.75 Å². The van der Waals surface area contributed by atoms with E-state index in [1.54, 1.807) is 18.2 Å². The maximum Gasteiger partial charge on any atom is 0.307 e. The Hall–Kier alpha value is -3.59. The van der Waals surface area contributed by atoms with Crippen LogP contribution in [0.3, 0.4) is 0 Å². The predicted molar refractivity (Wildman–Crippen MR) is 98.3 cm³/mol. The third kappa shape index (κ3) is 3.99. The van der Waals surface area contributed by atoms with Crippen LogP contribution in [-0.2, 0) is 0 Å². The summed E-state index contributed by atoms with van der Waals surface area (Å²) in [6.07, 6.45) is 5.79. The van der Waals surface area contributed by atoms with Gasteiger partial charge in [-0.15, -0.1) is 0 Å². The molecular formula is C20H18FN5O3. The molecule has 29 heavy (non-hydrogen) atoms. The number of carbonyl (C=O) groups is 1. The minimum Gasteiger partial charge on any atom is -0.490 e. The van der Waals surface area contributed by atoms with Crippen molar-refractivity contribution in [2.24, 2.45) is 0 Å². The quantitative estimate of drug-likeness (QED) is 0.747. The smallest absolute Gasteiger partial charge is 0.307 e. The van der Waals surface area contributed by atoms with E-state index in [0.717, 1.165) is 12.8 Å². The van der Waals surface area contributed by atoms with Gasteiger partial charge in [0.25, 0.3) is 5.89 Å². The molecule has 0 radical (unpaired) electrons. The van der Waals surface area contributed by atoms with Gasteiger partial charge in [0, 0.05) is 12.6 Å². The van der Waals surface area contributed by atoms with Crippen molar-refractivity contribution in [2.45, 2.75) is 37.5 Å². The van der Waals surface area contributed by atoms with Crippen LogP contribution in [0, 0.1) is 22.8 Å². The molecule has 1 amide bonds. The fraction of sp³-hybridized carbons (Fsp3) is 0.400. The fourth-order valence-corrected chi connectivity index (χ4v) is 3.30. The zero-order valence-corrected chi connectivity index (χ0v) is 15.5. The lowest BCUT2D eigenvalue weighted by Crippen LogP contribution is -2.36. The van der Waals surface area contributed by atoms with Crippen molar-refractivity contribution in [1.82, 2.24) is 15.2 Å². The molecule has 1 aliphatic carbocycles. The lowest BCUT2D eigenvalue weighted by atomic mass is 10.1. The van der Waals surface area contributed by atoms with Gasteiger partial charge in [-0.1, -0.05) is 0 Å². The van der Waals surface area contributed by atoms with Crippen molar-refractivity contribution in [3.8, 4) is 29.3 Å². The molecule has 0 bridgehead atoms. The molecule has 2 fully saturated rings. The summed E-state index contributed by atoms with van der Waals surface area (Å²) < 4.78 is 24.5. The Morgan fingerprint density at radius 3 is 2.90 bits per heavy atom. The zero-order chi connectivity index (χ0) is 20.4. The largest absolute Gasteiger partial charge is 0.490 e. The molecule has 2 heterocycles. The molecule has 148 valence electrons. The van der Waals surface area contributed by atoms with Gasteiger partial charge < -0.3 is 19.4 Å². The van der Waals surface area contributed by atoms with Gasteiger partial charge in [0.15, 0.2) is 12.0 Å². The summed E-state index contributed by atoms with van der Waals surface area (Å²) in [7, 11) is 0. The van der Waals surface area contributed by atoms with Gasteiger partial charge >= 0.3 is 5.91 Å². The number of aromatic nitrogens is 1. The maximum atomic E-state index is 13.0. The van der Waals surface area contributed by atoms with Crippen molar-refractivity contribution >= 4 is 5.91 Å². The number of hydrogen-bond acceptors (Lipinski definition) is 7. The van der Waals surface area contributed by atoms with Crippen LogP contribution in [0.15, 0.2) is 28.8 Å². The average Bonchev–Trinajstić information content (AvgIpc) is 3.26. The number of nitrogens with zero attached hydrogens (tertiary/aromatic N) is 4. The lowest BCUT2D eigenvalue weighted by Gasteiger charge is -2.12. The Labute approximate surface area is 166 Å². The molecule has 0 unspecified atom stereocenters. The van der Waals surface area contributed by atoms with E-state index < -0.39 is 18.6 Å². The molecule has 8 nitrogen and oxygen atoms in total. The monoisotopic (exact) mass is 395 g/mol. The second kappa shape index (κ2) is 7.80. The van der Waals surface area contributed by atoms with Crippen LogP contribution in [-0.4, -0.2) is 47.2 Å². The van der Waals surface area contributed by atoms with E-state index >= 15 is 0 Å². The molecular weight excluding hydrogens is 377 g/mol. The second-order valence-electron chi connectivity index (χ2n) is 7.14. The number of benzene rings is 1. The lowest BCUT2D eigenvalue weighted by molar-refractivity contribution is 0.0904. The number of rotatable bonds is 6. The first kappa shape index (κ1) is 18.8. The Bertz CT molecular complexity index is 1000. The highest BCUT2D eigenvalue weighted by atomic mass is 19.1. The van der Waals surface area contributed by atoms with Gasteiger partial charge in [-0.05, 0) is 37.5 Å². The van der Waals surface area contributed by atoms with Crippen LogP contribution in [0.4, 0.5) is 4.39 Å². The summed E-state index contributed by atoms with van der Waals surface area (Å²) in [6.45, 7) is -0.407. The van der Waals surface area contributed by atoms with Crippen LogP contribution < -0.4 is 10.1 Å². The number of nitrogens with one attached hydrogen (secondary N) is 1. The van der Waals surface area contributed by atoms with Gasteiger partial charge in [-0.25, -0.2) is 9.37 Å². The molecule has 1 aromatic carbocycles. The van der Waals surface area contributed by atoms with E-state index in [9.17, 15) is 14.4 Å². The van der Waals surface area contributed by atoms with E-state index in [0.29, 0.717) is 29.1 Å². The van der Waals surface area contributed by atoms with Crippen molar-refractivity contribution in [3.05, 3.63) is 35.9 Å². The predicted octanol–water partition coefficient (Wildman–Crippen LogP) is 2.38. The maximum absolute atomic E-state index is 13.0. The van der Waals surface area contributed by atoms with Gasteiger partial charge in [0.2, 0.25) is 0 Å². The first-order valence-electron chi connectivity index (χ1n) is 9.31. The van der Waals surface area contributed by atoms with E-state index in [4.69, 9.17) is 14.4 Å². The molecule has 1 saturated heterocycles. The van der Waals surface area contributed by atoms with E-state index in [1.165, 1.54) is 11.1 Å².